The summed E-state index contributed by atoms with van der Waals surface area (Å²) in [5, 5.41) is 8.81. The van der Waals surface area contributed by atoms with Gasteiger partial charge < -0.3 is 14.3 Å². The van der Waals surface area contributed by atoms with Crippen LogP contribution in [-0.2, 0) is 13.2 Å². The van der Waals surface area contributed by atoms with Crippen LogP contribution in [0.4, 0.5) is 0 Å². The van der Waals surface area contributed by atoms with E-state index in [-0.39, 0.29) is 30.2 Å². The van der Waals surface area contributed by atoms with Gasteiger partial charge in [0.25, 0.3) is 0 Å². The van der Waals surface area contributed by atoms with Crippen LogP contribution in [0.3, 0.4) is 0 Å². The highest BCUT2D eigenvalue weighted by Crippen LogP contribution is 2.08. The monoisotopic (exact) mass is 247 g/mol. The molecule has 0 bridgehead atoms. The number of aromatic nitrogens is 1. The summed E-state index contributed by atoms with van der Waals surface area (Å²) in [4.78, 5) is 15.8. The lowest BCUT2D eigenvalue weighted by Gasteiger charge is -2.05. The summed E-state index contributed by atoms with van der Waals surface area (Å²) in [5.41, 5.74) is 1.30. The van der Waals surface area contributed by atoms with Crippen molar-refractivity contribution in [1.29, 1.82) is 0 Å². The molecular formula is C13H13NO4. The Bertz CT molecular complexity index is 592. The Hall–Kier alpha value is -2.14. The third kappa shape index (κ3) is 2.95. The molecule has 0 fully saturated rings. The van der Waals surface area contributed by atoms with Crippen LogP contribution < -0.4 is 10.2 Å². The molecule has 0 atom stereocenters. The van der Waals surface area contributed by atoms with Gasteiger partial charge in [0.15, 0.2) is 0 Å². The van der Waals surface area contributed by atoms with Crippen molar-refractivity contribution < 1.29 is 14.3 Å². The maximum Gasteiger partial charge on any atom is 0.227 e. The molecular weight excluding hydrogens is 234 g/mol. The normalized spacial score (nSPS) is 10.3. The fourth-order valence-electron chi connectivity index (χ4n) is 1.46. The van der Waals surface area contributed by atoms with Gasteiger partial charge in [-0.1, -0.05) is 6.07 Å². The van der Waals surface area contributed by atoms with Crippen LogP contribution in [0.25, 0.3) is 0 Å². The number of aliphatic hydroxyl groups excluding tert-OH is 1. The smallest absolute Gasteiger partial charge is 0.227 e. The van der Waals surface area contributed by atoms with Gasteiger partial charge in [0.2, 0.25) is 11.2 Å². The predicted octanol–water partition coefficient (Wildman–Crippen LogP) is 1.41. The highest BCUT2D eigenvalue weighted by molar-refractivity contribution is 5.18. The van der Waals surface area contributed by atoms with Crippen LogP contribution in [0.2, 0.25) is 0 Å². The van der Waals surface area contributed by atoms with Crippen molar-refractivity contribution in [2.75, 3.05) is 0 Å². The molecule has 94 valence electrons. The molecule has 0 aliphatic rings. The molecule has 2 aromatic heterocycles. The van der Waals surface area contributed by atoms with E-state index >= 15 is 0 Å². The van der Waals surface area contributed by atoms with Crippen molar-refractivity contribution in [3.63, 3.8) is 0 Å². The molecule has 1 N–H and O–H groups in total. The average Bonchev–Trinajstić information content (AvgIpc) is 2.37. The van der Waals surface area contributed by atoms with E-state index in [1.54, 1.807) is 0 Å². The first-order chi connectivity index (χ1) is 8.69. The van der Waals surface area contributed by atoms with Crippen molar-refractivity contribution in [2.45, 2.75) is 20.1 Å². The molecule has 2 rings (SSSR count). The molecule has 0 spiro atoms. The Morgan fingerprint density at radius 2 is 2.28 bits per heavy atom. The van der Waals surface area contributed by atoms with Gasteiger partial charge in [-0.25, -0.2) is 0 Å². The molecule has 0 aliphatic heterocycles. The molecule has 18 heavy (non-hydrogen) atoms. The summed E-state index contributed by atoms with van der Waals surface area (Å²) >= 11 is 0. The zero-order chi connectivity index (χ0) is 13.0. The number of ether oxygens (including phenoxy) is 1. The van der Waals surface area contributed by atoms with Crippen molar-refractivity contribution in [3.8, 4) is 5.75 Å². The zero-order valence-electron chi connectivity index (χ0n) is 9.92. The second-order valence-electron chi connectivity index (χ2n) is 3.79. The molecule has 0 radical (unpaired) electrons. The van der Waals surface area contributed by atoms with E-state index in [0.29, 0.717) is 0 Å². The Morgan fingerprint density at radius 1 is 1.44 bits per heavy atom. The lowest BCUT2D eigenvalue weighted by atomic mass is 10.3. The number of hydrogen-bond donors (Lipinski definition) is 1. The first-order valence-corrected chi connectivity index (χ1v) is 5.47. The molecule has 5 heteroatoms. The molecule has 0 saturated heterocycles. The van der Waals surface area contributed by atoms with E-state index in [2.05, 4.69) is 4.98 Å². The Balaban J connectivity index is 2.09. The minimum Gasteiger partial charge on any atom is -0.480 e. The minimum absolute atomic E-state index is 0.107. The maximum absolute atomic E-state index is 11.6. The number of aliphatic hydroxyl groups is 1. The van der Waals surface area contributed by atoms with Crippen LogP contribution in [0.5, 0.6) is 5.75 Å². The van der Waals surface area contributed by atoms with Crippen LogP contribution in [0, 0.1) is 6.92 Å². The van der Waals surface area contributed by atoms with Crippen LogP contribution in [0.1, 0.15) is 17.1 Å². The Kier molecular flexibility index (Phi) is 3.74. The lowest BCUT2D eigenvalue weighted by Crippen LogP contribution is -2.08. The van der Waals surface area contributed by atoms with Crippen molar-refractivity contribution >= 4 is 0 Å². The SMILES string of the molecule is Cc1cccc(COc2coc(CO)cc2=O)n1. The molecule has 2 aromatic rings. The van der Waals surface area contributed by atoms with Crippen LogP contribution >= 0.6 is 0 Å². The minimum atomic E-state index is -0.321. The quantitative estimate of drug-likeness (QED) is 0.884. The fourth-order valence-corrected chi connectivity index (χ4v) is 1.46. The first-order valence-electron chi connectivity index (χ1n) is 5.47. The van der Waals surface area contributed by atoms with Crippen molar-refractivity contribution in [3.05, 3.63) is 57.9 Å². The third-order valence-corrected chi connectivity index (χ3v) is 2.33. The molecule has 0 unspecified atom stereocenters. The van der Waals surface area contributed by atoms with E-state index in [1.165, 1.54) is 12.3 Å². The topological polar surface area (TPSA) is 72.6 Å². The molecule has 0 aliphatic carbocycles. The van der Waals surface area contributed by atoms with E-state index in [1.807, 2.05) is 25.1 Å². The van der Waals surface area contributed by atoms with Gasteiger partial charge in [-0.05, 0) is 19.1 Å². The summed E-state index contributed by atoms with van der Waals surface area (Å²) in [6.45, 7) is 1.77. The van der Waals surface area contributed by atoms with E-state index in [4.69, 9.17) is 14.3 Å². The van der Waals surface area contributed by atoms with Gasteiger partial charge in [-0.2, -0.15) is 0 Å². The maximum atomic E-state index is 11.6. The second kappa shape index (κ2) is 5.46. The summed E-state index contributed by atoms with van der Waals surface area (Å²) in [6, 6.07) is 6.78. The molecule has 0 aromatic carbocycles. The highest BCUT2D eigenvalue weighted by atomic mass is 16.5. The van der Waals surface area contributed by atoms with Gasteiger partial charge >= 0.3 is 0 Å². The van der Waals surface area contributed by atoms with Gasteiger partial charge in [0.1, 0.15) is 25.2 Å². The van der Waals surface area contributed by atoms with Crippen molar-refractivity contribution in [1.82, 2.24) is 4.98 Å². The zero-order valence-corrected chi connectivity index (χ0v) is 9.92. The van der Waals surface area contributed by atoms with E-state index in [0.717, 1.165) is 11.4 Å². The molecule has 5 nitrogen and oxygen atoms in total. The van der Waals surface area contributed by atoms with E-state index < -0.39 is 0 Å². The van der Waals surface area contributed by atoms with Crippen molar-refractivity contribution in [2.24, 2.45) is 0 Å². The summed E-state index contributed by atoms with van der Waals surface area (Å²) in [7, 11) is 0. The Morgan fingerprint density at radius 3 is 2.94 bits per heavy atom. The summed E-state index contributed by atoms with van der Waals surface area (Å²) < 4.78 is 10.3. The second-order valence-corrected chi connectivity index (χ2v) is 3.79. The van der Waals surface area contributed by atoms with Gasteiger partial charge in [0, 0.05) is 11.8 Å². The number of hydrogen-bond acceptors (Lipinski definition) is 5. The van der Waals surface area contributed by atoms with Gasteiger partial charge in [0.05, 0.1) is 5.69 Å². The molecule has 2 heterocycles. The molecule has 0 amide bonds. The summed E-state index contributed by atoms with van der Waals surface area (Å²) in [5.74, 6) is 0.316. The van der Waals surface area contributed by atoms with Crippen LogP contribution in [0.15, 0.2) is 39.7 Å². The standard InChI is InChI=1S/C13H13NO4/c1-9-3-2-4-10(14-9)7-18-13-8-17-11(6-15)5-12(13)16/h2-5,8,15H,6-7H2,1H3. The van der Waals surface area contributed by atoms with Crippen LogP contribution in [-0.4, -0.2) is 10.1 Å². The average molecular weight is 247 g/mol. The van der Waals surface area contributed by atoms with Gasteiger partial charge in [-0.3, -0.25) is 9.78 Å². The van der Waals surface area contributed by atoms with Gasteiger partial charge in [-0.15, -0.1) is 0 Å². The fraction of sp³-hybridized carbons (Fsp3) is 0.231. The number of nitrogens with zero attached hydrogens (tertiary/aromatic N) is 1. The highest BCUT2D eigenvalue weighted by Gasteiger charge is 2.05. The Labute approximate surface area is 104 Å². The molecule has 0 saturated carbocycles. The third-order valence-electron chi connectivity index (χ3n) is 2.33. The number of pyridine rings is 1. The predicted molar refractivity (Wildman–Crippen MR) is 64.2 cm³/mol. The largest absolute Gasteiger partial charge is 0.480 e. The summed E-state index contributed by atoms with van der Waals surface area (Å²) in [6.07, 6.45) is 1.20. The lowest BCUT2D eigenvalue weighted by molar-refractivity contribution is 0.235. The number of rotatable bonds is 4. The first kappa shape index (κ1) is 12.3. The van der Waals surface area contributed by atoms with E-state index in [9.17, 15) is 4.79 Å². The number of aryl methyl sites for hydroxylation is 1.